The number of nitrogens with one attached hydrogen (secondary N) is 2. The Labute approximate surface area is 180 Å². The maximum Gasteiger partial charge on any atom is 0.231 e. The summed E-state index contributed by atoms with van der Waals surface area (Å²) in [7, 11) is 0. The molecule has 2 aliphatic rings. The average molecular weight is 404 g/mol. The van der Waals surface area contributed by atoms with Crippen LogP contribution in [0.4, 0.5) is 0 Å². The van der Waals surface area contributed by atoms with Gasteiger partial charge in [0, 0.05) is 0 Å². The number of carbonyl (C=O) groups excluding carboxylic acids is 2. The lowest BCUT2D eigenvalue weighted by atomic mass is 9.65. The van der Waals surface area contributed by atoms with Gasteiger partial charge in [0.1, 0.15) is 0 Å². The molecule has 0 spiro atoms. The van der Waals surface area contributed by atoms with Gasteiger partial charge in [-0.3, -0.25) is 0 Å². The summed E-state index contributed by atoms with van der Waals surface area (Å²) in [5.74, 6) is 0. The molecule has 0 atom stereocenters. The summed E-state index contributed by atoms with van der Waals surface area (Å²) < 4.78 is 0. The minimum Gasteiger partial charge on any atom is -0.222 e. The fourth-order valence-corrected chi connectivity index (χ4v) is 4.25. The van der Waals surface area contributed by atoms with Crippen molar-refractivity contribution in [3.8, 4) is 0 Å². The van der Waals surface area contributed by atoms with Crippen molar-refractivity contribution in [1.82, 2.24) is 0 Å². The number of hydrogen-bond donors (Lipinski definition) is 2. The average Bonchev–Trinajstić information content (AvgIpc) is 3.20. The summed E-state index contributed by atoms with van der Waals surface area (Å²) in [4.78, 5) is 16.7. The first-order valence-electron chi connectivity index (χ1n) is 9.63. The van der Waals surface area contributed by atoms with Gasteiger partial charge in [0.25, 0.3) is 0 Å². The van der Waals surface area contributed by atoms with E-state index in [1.54, 1.807) is 0 Å². The molecule has 0 aliphatic heterocycles. The van der Waals surface area contributed by atoms with Crippen molar-refractivity contribution >= 4 is 23.8 Å². The highest BCUT2D eigenvalue weighted by Crippen LogP contribution is 2.47. The summed E-state index contributed by atoms with van der Waals surface area (Å²) in [6.07, 6.45) is 10.6. The quantitative estimate of drug-likeness (QED) is 0.501. The molecule has 5 rings (SSSR count). The number of rotatable bonds is 2. The maximum atomic E-state index is 8.35. The molecule has 0 fully saturated rings. The topological polar surface area (TPSA) is 81.8 Å². The molecule has 0 saturated heterocycles. The van der Waals surface area contributed by atoms with Gasteiger partial charge in [-0.2, -0.15) is 0 Å². The Morgan fingerprint density at radius 1 is 0.677 bits per heavy atom. The van der Waals surface area contributed by atoms with Crippen molar-refractivity contribution in [1.29, 1.82) is 10.8 Å². The van der Waals surface area contributed by atoms with E-state index < -0.39 is 0 Å². The second kappa shape index (κ2) is 9.91. The van der Waals surface area contributed by atoms with Crippen LogP contribution in [-0.2, 0) is 15.0 Å². The summed E-state index contributed by atoms with van der Waals surface area (Å²) in [5, 5.41) is 13.5. The monoisotopic (exact) mass is 404 g/mol. The summed E-state index contributed by atoms with van der Waals surface area (Å²) in [5.41, 5.74) is 5.07. The Balaban J connectivity index is 0.000000411. The number of allylic oxidation sites excluding steroid dienone is 4. The molecule has 3 aromatic rings. The van der Waals surface area contributed by atoms with E-state index >= 15 is 0 Å². The van der Waals surface area contributed by atoms with Crippen molar-refractivity contribution < 1.29 is 9.59 Å². The van der Waals surface area contributed by atoms with Gasteiger partial charge in [0.15, 0.2) is 0 Å². The van der Waals surface area contributed by atoms with Crippen LogP contribution in [0.1, 0.15) is 11.1 Å². The molecule has 0 unspecified atom stereocenters. The SMILES string of the molecule is C1=CC(c2ccccc2)(c2ccccc2)C2=c3ccccc3=CC2=C1.N=C=O.N=C=O. The van der Waals surface area contributed by atoms with Crippen molar-refractivity contribution in [2.45, 2.75) is 5.41 Å². The summed E-state index contributed by atoms with van der Waals surface area (Å²) in [6, 6.07) is 30.4. The molecule has 4 nitrogen and oxygen atoms in total. The zero-order chi connectivity index (χ0) is 22.1. The van der Waals surface area contributed by atoms with E-state index in [-0.39, 0.29) is 5.41 Å². The van der Waals surface area contributed by atoms with Crippen LogP contribution >= 0.6 is 0 Å². The molecular formula is C27H20N2O2. The maximum absolute atomic E-state index is 8.35. The molecule has 150 valence electrons. The summed E-state index contributed by atoms with van der Waals surface area (Å²) >= 11 is 0. The highest BCUT2D eigenvalue weighted by atomic mass is 16.1. The molecule has 0 aromatic heterocycles. The first kappa shape index (κ1) is 21.4. The molecule has 0 saturated carbocycles. The molecule has 0 heterocycles. The van der Waals surface area contributed by atoms with Gasteiger partial charge in [0.2, 0.25) is 12.2 Å². The molecule has 2 N–H and O–H groups in total. The van der Waals surface area contributed by atoms with Crippen LogP contribution in [0.3, 0.4) is 0 Å². The second-order valence-corrected chi connectivity index (χ2v) is 6.83. The van der Waals surface area contributed by atoms with Gasteiger partial charge in [0.05, 0.1) is 5.41 Å². The largest absolute Gasteiger partial charge is 0.231 e. The van der Waals surface area contributed by atoms with Gasteiger partial charge < -0.3 is 0 Å². The molecule has 31 heavy (non-hydrogen) atoms. The van der Waals surface area contributed by atoms with E-state index in [4.69, 9.17) is 20.4 Å². The van der Waals surface area contributed by atoms with Crippen LogP contribution in [0.2, 0.25) is 0 Å². The van der Waals surface area contributed by atoms with E-state index in [1.165, 1.54) is 32.7 Å². The second-order valence-electron chi connectivity index (χ2n) is 6.83. The zero-order valence-electron chi connectivity index (χ0n) is 16.7. The predicted octanol–water partition coefficient (Wildman–Crippen LogP) is 3.92. The number of isocyanates is 2. The Kier molecular flexibility index (Phi) is 6.82. The zero-order valence-corrected chi connectivity index (χ0v) is 16.7. The van der Waals surface area contributed by atoms with Crippen LogP contribution in [0.5, 0.6) is 0 Å². The molecule has 4 heteroatoms. The first-order chi connectivity index (χ1) is 15.2. The molecular weight excluding hydrogens is 384 g/mol. The van der Waals surface area contributed by atoms with Crippen LogP contribution in [0, 0.1) is 10.8 Å². The van der Waals surface area contributed by atoms with Gasteiger partial charge >= 0.3 is 0 Å². The number of benzene rings is 3. The van der Waals surface area contributed by atoms with Crippen molar-refractivity contribution in [2.75, 3.05) is 0 Å². The normalized spacial score (nSPS) is 13.9. The third kappa shape index (κ3) is 4.03. The summed E-state index contributed by atoms with van der Waals surface area (Å²) in [6.45, 7) is 0. The Hall–Kier alpha value is -4.36. The lowest BCUT2D eigenvalue weighted by Gasteiger charge is -2.36. The minimum atomic E-state index is -0.254. The predicted molar refractivity (Wildman–Crippen MR) is 121 cm³/mol. The van der Waals surface area contributed by atoms with Gasteiger partial charge in [-0.15, -0.1) is 0 Å². The Bertz CT molecular complexity index is 1260. The van der Waals surface area contributed by atoms with Crippen LogP contribution in [0.15, 0.2) is 109 Å². The van der Waals surface area contributed by atoms with E-state index in [9.17, 15) is 0 Å². The Morgan fingerprint density at radius 3 is 1.71 bits per heavy atom. The van der Waals surface area contributed by atoms with Gasteiger partial charge in [-0.25, -0.2) is 20.4 Å². The number of hydrogen-bond acceptors (Lipinski definition) is 4. The molecule has 3 aromatic carbocycles. The molecule has 2 aliphatic carbocycles. The third-order valence-electron chi connectivity index (χ3n) is 5.30. The van der Waals surface area contributed by atoms with Crippen molar-refractivity contribution in [3.05, 3.63) is 130 Å². The van der Waals surface area contributed by atoms with Crippen LogP contribution < -0.4 is 10.4 Å². The van der Waals surface area contributed by atoms with E-state index in [0.717, 1.165) is 12.2 Å². The minimum absolute atomic E-state index is 0.254. The smallest absolute Gasteiger partial charge is 0.222 e. The first-order valence-corrected chi connectivity index (χ1v) is 9.63. The lowest BCUT2D eigenvalue weighted by molar-refractivity contribution is 0.562. The molecule has 0 amide bonds. The lowest BCUT2D eigenvalue weighted by Crippen LogP contribution is -2.34. The van der Waals surface area contributed by atoms with Gasteiger partial charge in [-0.1, -0.05) is 103 Å². The highest BCUT2D eigenvalue weighted by molar-refractivity contribution is 5.93. The van der Waals surface area contributed by atoms with Crippen molar-refractivity contribution in [3.63, 3.8) is 0 Å². The van der Waals surface area contributed by atoms with E-state index in [1.807, 2.05) is 0 Å². The third-order valence-corrected chi connectivity index (χ3v) is 5.30. The van der Waals surface area contributed by atoms with E-state index in [0.29, 0.717) is 0 Å². The standard InChI is InChI=1S/C25H18.2CHNO/c1-3-12-21(13-4-1)25(22-14-5-2-6-15-22)17-9-11-20-18-19-10-7-8-16-23(19)24(20)25;2*2-1-3/h1-18H;2*2H. The Morgan fingerprint density at radius 2 is 1.16 bits per heavy atom. The molecule has 0 bridgehead atoms. The highest BCUT2D eigenvalue weighted by Gasteiger charge is 2.39. The van der Waals surface area contributed by atoms with Gasteiger partial charge in [-0.05, 0) is 38.8 Å². The fraction of sp³-hybridized carbons (Fsp3) is 0.0370. The van der Waals surface area contributed by atoms with E-state index in [2.05, 4.69) is 109 Å². The molecule has 0 radical (unpaired) electrons. The van der Waals surface area contributed by atoms with Crippen molar-refractivity contribution in [2.24, 2.45) is 0 Å². The number of fused-ring (bicyclic) bond motifs is 2. The van der Waals surface area contributed by atoms with Crippen LogP contribution in [0.25, 0.3) is 11.6 Å². The van der Waals surface area contributed by atoms with Crippen LogP contribution in [-0.4, -0.2) is 12.2 Å². The fourth-order valence-electron chi connectivity index (χ4n) is 4.25.